The fraction of sp³-hybridized carbons (Fsp3) is 0.0588. The van der Waals surface area contributed by atoms with Crippen LogP contribution in [0.25, 0.3) is 44.8 Å². The lowest BCUT2D eigenvalue weighted by Gasteiger charge is -2.11. The van der Waals surface area contributed by atoms with Crippen LogP contribution in [0.5, 0.6) is 0 Å². The van der Waals surface area contributed by atoms with Crippen LogP contribution in [0.3, 0.4) is 0 Å². The van der Waals surface area contributed by atoms with Crippen molar-refractivity contribution >= 4 is 11.6 Å². The summed E-state index contributed by atoms with van der Waals surface area (Å²) in [5.74, 6) is 0. The van der Waals surface area contributed by atoms with Gasteiger partial charge in [0.1, 0.15) is 5.69 Å². The number of H-pyrrole nitrogens is 1. The van der Waals surface area contributed by atoms with Crippen molar-refractivity contribution in [2.75, 3.05) is 0 Å². The van der Waals surface area contributed by atoms with E-state index in [2.05, 4.69) is 20.4 Å². The van der Waals surface area contributed by atoms with Crippen molar-refractivity contribution in [3.63, 3.8) is 0 Å². The highest BCUT2D eigenvalue weighted by molar-refractivity contribution is 6.29. The maximum atomic E-state index is 12.7. The van der Waals surface area contributed by atoms with Gasteiger partial charge in [-0.2, -0.15) is 31.4 Å². The molecule has 232 valence electrons. The summed E-state index contributed by atoms with van der Waals surface area (Å²) < 4.78 is 76.0. The number of hydrogen-bond acceptors (Lipinski definition) is 4. The molecule has 0 radical (unpaired) electrons. The standard InChI is InChI=1S/C17H10ClF3N2.C17H11F3N2O/c18-15-10-14(11-6-8-13(9-7-11)17(19,20)21)16(23-22-15)12-4-2-1-3-5-12;18-17(19,20)13-8-6-11(7-9-13)14-10-15(23)21-22-16(14)12-4-2-1-3-5-12/h1-10H;1-10H,(H,21,23). The Morgan fingerprint density at radius 2 is 0.957 bits per heavy atom. The number of aromatic amines is 1. The fourth-order valence-electron chi connectivity index (χ4n) is 4.51. The molecule has 46 heavy (non-hydrogen) atoms. The van der Waals surface area contributed by atoms with Gasteiger partial charge in [0.05, 0.1) is 16.8 Å². The first-order chi connectivity index (χ1) is 21.9. The third-order valence-electron chi connectivity index (χ3n) is 6.71. The molecule has 0 spiro atoms. The van der Waals surface area contributed by atoms with Crippen molar-refractivity contribution in [3.8, 4) is 44.8 Å². The number of halogens is 7. The smallest absolute Gasteiger partial charge is 0.268 e. The van der Waals surface area contributed by atoms with E-state index in [0.29, 0.717) is 33.6 Å². The lowest BCUT2D eigenvalue weighted by Crippen LogP contribution is -2.09. The number of rotatable bonds is 4. The Kier molecular flexibility index (Phi) is 9.33. The predicted molar refractivity (Wildman–Crippen MR) is 164 cm³/mol. The van der Waals surface area contributed by atoms with E-state index >= 15 is 0 Å². The van der Waals surface area contributed by atoms with Crippen molar-refractivity contribution in [1.29, 1.82) is 0 Å². The Labute approximate surface area is 263 Å². The molecule has 12 heteroatoms. The van der Waals surface area contributed by atoms with Crippen LogP contribution >= 0.6 is 11.6 Å². The van der Waals surface area contributed by atoms with Gasteiger partial charge in [-0.05, 0) is 41.5 Å². The second kappa shape index (κ2) is 13.4. The predicted octanol–water partition coefficient (Wildman–Crippen LogP) is 9.61. The summed E-state index contributed by atoms with van der Waals surface area (Å²) >= 11 is 5.90. The molecule has 0 bridgehead atoms. The van der Waals surface area contributed by atoms with E-state index in [4.69, 9.17) is 11.6 Å². The molecule has 1 N–H and O–H groups in total. The molecule has 6 aromatic rings. The number of nitrogens with zero attached hydrogens (tertiary/aromatic N) is 3. The zero-order valence-electron chi connectivity index (χ0n) is 23.4. The molecule has 0 aliphatic heterocycles. The molecule has 0 fully saturated rings. The molecule has 0 atom stereocenters. The molecule has 0 saturated carbocycles. The second-order valence-electron chi connectivity index (χ2n) is 9.81. The van der Waals surface area contributed by atoms with E-state index in [1.54, 1.807) is 6.07 Å². The monoisotopic (exact) mass is 650 g/mol. The number of aromatic nitrogens is 4. The average molecular weight is 651 g/mol. The molecular weight excluding hydrogens is 630 g/mol. The van der Waals surface area contributed by atoms with Crippen molar-refractivity contribution in [3.05, 3.63) is 148 Å². The van der Waals surface area contributed by atoms with Crippen LogP contribution in [0, 0.1) is 0 Å². The van der Waals surface area contributed by atoms with Crippen LogP contribution in [0.2, 0.25) is 5.15 Å². The Morgan fingerprint density at radius 1 is 0.522 bits per heavy atom. The summed E-state index contributed by atoms with van der Waals surface area (Å²) in [6, 6.07) is 30.9. The van der Waals surface area contributed by atoms with E-state index in [-0.39, 0.29) is 5.15 Å². The van der Waals surface area contributed by atoms with Gasteiger partial charge >= 0.3 is 12.4 Å². The highest BCUT2D eigenvalue weighted by Gasteiger charge is 2.31. The van der Waals surface area contributed by atoms with Gasteiger partial charge in [0.15, 0.2) is 5.15 Å². The molecule has 0 aliphatic rings. The third kappa shape index (κ3) is 7.67. The number of hydrogen-bond donors (Lipinski definition) is 1. The van der Waals surface area contributed by atoms with E-state index in [9.17, 15) is 31.1 Å². The van der Waals surface area contributed by atoms with Gasteiger partial charge < -0.3 is 0 Å². The van der Waals surface area contributed by atoms with Crippen molar-refractivity contribution < 1.29 is 26.3 Å². The SMILES string of the molecule is FC(F)(F)c1ccc(-c2cc(Cl)nnc2-c2ccccc2)cc1.O=c1cc(-c2ccc(C(F)(F)F)cc2)c(-c2ccccc2)n[nH]1. The lowest BCUT2D eigenvalue weighted by molar-refractivity contribution is -0.138. The normalized spacial score (nSPS) is 11.5. The van der Waals surface area contributed by atoms with Crippen LogP contribution in [0.1, 0.15) is 11.1 Å². The first-order valence-electron chi connectivity index (χ1n) is 13.5. The van der Waals surface area contributed by atoms with Crippen molar-refractivity contribution in [2.45, 2.75) is 12.4 Å². The van der Waals surface area contributed by atoms with Crippen molar-refractivity contribution in [2.24, 2.45) is 0 Å². The topological polar surface area (TPSA) is 71.5 Å². The Morgan fingerprint density at radius 3 is 1.41 bits per heavy atom. The zero-order valence-corrected chi connectivity index (χ0v) is 24.2. The molecule has 5 nitrogen and oxygen atoms in total. The molecule has 4 aromatic carbocycles. The Bertz CT molecular complexity index is 1980. The molecule has 0 amide bonds. The number of benzene rings is 4. The maximum absolute atomic E-state index is 12.7. The van der Waals surface area contributed by atoms with Gasteiger partial charge in [-0.1, -0.05) is 96.5 Å². The van der Waals surface area contributed by atoms with Crippen molar-refractivity contribution in [1.82, 2.24) is 20.4 Å². The van der Waals surface area contributed by atoms with Crippen LogP contribution in [0.4, 0.5) is 26.3 Å². The van der Waals surface area contributed by atoms with Gasteiger partial charge in [0, 0.05) is 28.3 Å². The molecule has 2 aromatic heterocycles. The zero-order chi connectivity index (χ0) is 32.9. The van der Waals surface area contributed by atoms with E-state index in [0.717, 1.165) is 35.4 Å². The molecular formula is C34H21ClF6N4O. The van der Waals surface area contributed by atoms with Gasteiger partial charge in [0.2, 0.25) is 0 Å². The summed E-state index contributed by atoms with van der Waals surface area (Å²) in [5, 5.41) is 14.5. The summed E-state index contributed by atoms with van der Waals surface area (Å²) in [4.78, 5) is 11.6. The highest BCUT2D eigenvalue weighted by atomic mass is 35.5. The summed E-state index contributed by atoms with van der Waals surface area (Å²) in [6.07, 6.45) is -8.76. The van der Waals surface area contributed by atoms with Gasteiger partial charge in [-0.3, -0.25) is 4.79 Å². The maximum Gasteiger partial charge on any atom is 0.416 e. The molecule has 0 unspecified atom stereocenters. The second-order valence-corrected chi connectivity index (χ2v) is 10.2. The number of nitrogens with one attached hydrogen (secondary N) is 1. The third-order valence-corrected chi connectivity index (χ3v) is 6.90. The van der Waals surface area contributed by atoms with Gasteiger partial charge in [-0.25, -0.2) is 5.10 Å². The lowest BCUT2D eigenvalue weighted by atomic mass is 9.99. The average Bonchev–Trinajstić information content (AvgIpc) is 3.05. The largest absolute Gasteiger partial charge is 0.416 e. The molecule has 0 saturated heterocycles. The van der Waals surface area contributed by atoms with Crippen LogP contribution in [-0.2, 0) is 12.4 Å². The minimum Gasteiger partial charge on any atom is -0.268 e. The summed E-state index contributed by atoms with van der Waals surface area (Å²) in [5.41, 5.74) is 2.99. The first-order valence-corrected chi connectivity index (χ1v) is 13.9. The fourth-order valence-corrected chi connectivity index (χ4v) is 4.66. The molecule has 6 rings (SSSR count). The van der Waals surface area contributed by atoms with E-state index in [1.807, 2.05) is 60.7 Å². The molecule has 0 aliphatic carbocycles. The Balaban J connectivity index is 0.000000181. The number of alkyl halides is 6. The quantitative estimate of drug-likeness (QED) is 0.193. The van der Waals surface area contributed by atoms with Crippen LogP contribution in [0.15, 0.2) is 126 Å². The van der Waals surface area contributed by atoms with E-state index < -0.39 is 29.0 Å². The Hall–Kier alpha value is -5.29. The van der Waals surface area contributed by atoms with Crippen LogP contribution in [-0.4, -0.2) is 20.4 Å². The van der Waals surface area contributed by atoms with E-state index in [1.165, 1.54) is 30.3 Å². The highest BCUT2D eigenvalue weighted by Crippen LogP contribution is 2.35. The van der Waals surface area contributed by atoms with Gasteiger partial charge in [0.25, 0.3) is 5.56 Å². The first kappa shape index (κ1) is 32.1. The minimum absolute atomic E-state index is 0.180. The minimum atomic E-state index is -4.40. The summed E-state index contributed by atoms with van der Waals surface area (Å²) in [7, 11) is 0. The van der Waals surface area contributed by atoms with Gasteiger partial charge in [-0.15, -0.1) is 10.2 Å². The van der Waals surface area contributed by atoms with Crippen LogP contribution < -0.4 is 5.56 Å². The molecule has 2 heterocycles. The summed E-state index contributed by atoms with van der Waals surface area (Å²) in [6.45, 7) is 0.